The monoisotopic (exact) mass is 408 g/mol. The summed E-state index contributed by atoms with van der Waals surface area (Å²) in [6.45, 7) is 4.18. The Morgan fingerprint density at radius 1 is 1.38 bits per heavy atom. The Bertz CT molecular complexity index is 783. The lowest BCUT2D eigenvalue weighted by molar-refractivity contribution is -0.115. The second kappa shape index (κ2) is 8.29. The predicted octanol–water partition coefficient (Wildman–Crippen LogP) is 4.06. The van der Waals surface area contributed by atoms with Crippen molar-refractivity contribution in [3.05, 3.63) is 37.7 Å². The highest BCUT2D eigenvalue weighted by molar-refractivity contribution is 8.00. The smallest absolute Gasteiger partial charge is 0.323 e. The van der Waals surface area contributed by atoms with Gasteiger partial charge in [0.25, 0.3) is 0 Å². The van der Waals surface area contributed by atoms with E-state index < -0.39 is 5.25 Å². The van der Waals surface area contributed by atoms with Crippen LogP contribution in [0.2, 0.25) is 15.1 Å². The number of H-pyrrole nitrogens is 1. The van der Waals surface area contributed by atoms with E-state index in [1.807, 2.05) is 6.92 Å². The number of carbonyl (C=O) groups is 1. The molecule has 1 atom stereocenters. The van der Waals surface area contributed by atoms with E-state index in [0.29, 0.717) is 22.4 Å². The molecule has 0 aliphatic carbocycles. The summed E-state index contributed by atoms with van der Waals surface area (Å²) in [5.41, 5.74) is 0.00362. The molecule has 1 heterocycles. The second-order valence-electron chi connectivity index (χ2n) is 4.96. The van der Waals surface area contributed by atoms with Gasteiger partial charge in [0.15, 0.2) is 5.16 Å². The average molecular weight is 410 g/mol. The largest absolute Gasteiger partial charge is 0.343 e. The van der Waals surface area contributed by atoms with Gasteiger partial charge in [-0.1, -0.05) is 53.5 Å². The number of carbonyl (C=O) groups excluding carboxylic acids is 1. The van der Waals surface area contributed by atoms with Gasteiger partial charge in [-0.05, 0) is 25.5 Å². The molecule has 0 aliphatic heterocycles. The number of hydrogen-bond donors (Lipinski definition) is 2. The van der Waals surface area contributed by atoms with Gasteiger partial charge < -0.3 is 5.32 Å². The molecule has 0 fully saturated rings. The number of amides is 1. The molecule has 0 saturated carbocycles. The van der Waals surface area contributed by atoms with Crippen molar-refractivity contribution in [2.24, 2.45) is 0 Å². The highest BCUT2D eigenvalue weighted by Gasteiger charge is 2.21. The van der Waals surface area contributed by atoms with Crippen LogP contribution in [0.15, 0.2) is 22.1 Å². The van der Waals surface area contributed by atoms with E-state index in [0.717, 1.165) is 6.42 Å². The van der Waals surface area contributed by atoms with Crippen molar-refractivity contribution in [2.75, 3.05) is 5.32 Å². The molecular formula is C14H15Cl3N4O2S. The van der Waals surface area contributed by atoms with Crippen LogP contribution in [0.25, 0.3) is 0 Å². The fourth-order valence-electron chi connectivity index (χ4n) is 1.91. The van der Waals surface area contributed by atoms with Crippen LogP contribution in [0.4, 0.5) is 5.69 Å². The molecule has 2 aromatic rings. The van der Waals surface area contributed by atoms with Crippen molar-refractivity contribution in [3.63, 3.8) is 0 Å². The normalized spacial score (nSPS) is 12.2. The lowest BCUT2D eigenvalue weighted by Crippen LogP contribution is -2.24. The Morgan fingerprint density at radius 3 is 2.58 bits per heavy atom. The van der Waals surface area contributed by atoms with E-state index in [2.05, 4.69) is 15.5 Å². The van der Waals surface area contributed by atoms with Gasteiger partial charge in [-0.2, -0.15) is 0 Å². The second-order valence-corrected chi connectivity index (χ2v) is 7.52. The maximum Gasteiger partial charge on any atom is 0.343 e. The summed E-state index contributed by atoms with van der Waals surface area (Å²) in [5, 5.41) is 9.84. The number of nitrogens with zero attached hydrogens (tertiary/aromatic N) is 2. The molecule has 0 spiro atoms. The third kappa shape index (κ3) is 4.47. The maximum atomic E-state index is 12.4. The van der Waals surface area contributed by atoms with Gasteiger partial charge in [0.2, 0.25) is 5.91 Å². The van der Waals surface area contributed by atoms with Gasteiger partial charge in [0.1, 0.15) is 0 Å². The molecule has 0 radical (unpaired) electrons. The average Bonchev–Trinajstić information content (AvgIpc) is 2.84. The van der Waals surface area contributed by atoms with E-state index in [1.54, 1.807) is 6.92 Å². The first kappa shape index (κ1) is 19.2. The van der Waals surface area contributed by atoms with Crippen molar-refractivity contribution < 1.29 is 4.79 Å². The number of rotatable bonds is 6. The number of benzene rings is 1. The molecule has 0 aliphatic rings. The van der Waals surface area contributed by atoms with E-state index in [1.165, 1.54) is 28.5 Å². The molecule has 130 valence electrons. The van der Waals surface area contributed by atoms with Crippen LogP contribution >= 0.6 is 46.6 Å². The first-order valence-electron chi connectivity index (χ1n) is 7.10. The molecule has 1 unspecified atom stereocenters. The Balaban J connectivity index is 2.12. The summed E-state index contributed by atoms with van der Waals surface area (Å²) in [5.74, 6) is -0.315. The van der Waals surface area contributed by atoms with Gasteiger partial charge in [0, 0.05) is 11.6 Å². The fourth-order valence-corrected chi connectivity index (χ4v) is 3.71. The van der Waals surface area contributed by atoms with Crippen LogP contribution < -0.4 is 11.0 Å². The third-order valence-electron chi connectivity index (χ3n) is 3.08. The minimum absolute atomic E-state index is 0.251. The highest BCUT2D eigenvalue weighted by Crippen LogP contribution is 2.34. The molecule has 1 amide bonds. The third-order valence-corrected chi connectivity index (χ3v) is 4.98. The molecule has 2 N–H and O–H groups in total. The van der Waals surface area contributed by atoms with E-state index >= 15 is 0 Å². The molecule has 0 bridgehead atoms. The van der Waals surface area contributed by atoms with Crippen LogP contribution in [-0.4, -0.2) is 25.9 Å². The fraction of sp³-hybridized carbons (Fsp3) is 0.357. The number of nitrogens with one attached hydrogen (secondary N) is 2. The number of aromatic nitrogens is 3. The molecule has 6 nitrogen and oxygen atoms in total. The Morgan fingerprint density at radius 2 is 2.00 bits per heavy atom. The number of aromatic amines is 1. The quantitative estimate of drug-likeness (QED) is 0.705. The van der Waals surface area contributed by atoms with Gasteiger partial charge in [-0.3, -0.25) is 9.36 Å². The Labute approximate surface area is 157 Å². The SMILES string of the molecule is CCCn1c(SC(C)C(=O)Nc2c(Cl)cc(Cl)cc2Cl)n[nH]c1=O. The Hall–Kier alpha value is -1.15. The van der Waals surface area contributed by atoms with Gasteiger partial charge in [-0.25, -0.2) is 9.89 Å². The van der Waals surface area contributed by atoms with E-state index in [-0.39, 0.29) is 21.6 Å². The topological polar surface area (TPSA) is 79.8 Å². The minimum atomic E-state index is -0.515. The summed E-state index contributed by atoms with van der Waals surface area (Å²) >= 11 is 19.1. The van der Waals surface area contributed by atoms with Crippen LogP contribution in [0.3, 0.4) is 0 Å². The van der Waals surface area contributed by atoms with Crippen LogP contribution in [0.1, 0.15) is 20.3 Å². The van der Waals surface area contributed by atoms with Crippen LogP contribution in [0.5, 0.6) is 0 Å². The summed E-state index contributed by atoms with van der Waals surface area (Å²) < 4.78 is 1.50. The summed E-state index contributed by atoms with van der Waals surface area (Å²) in [6, 6.07) is 2.99. The summed E-state index contributed by atoms with van der Waals surface area (Å²) in [6.07, 6.45) is 0.781. The summed E-state index contributed by atoms with van der Waals surface area (Å²) in [7, 11) is 0. The lowest BCUT2D eigenvalue weighted by Gasteiger charge is -2.14. The zero-order valence-corrected chi connectivity index (χ0v) is 16.0. The molecular weight excluding hydrogens is 395 g/mol. The van der Waals surface area contributed by atoms with E-state index in [9.17, 15) is 9.59 Å². The van der Waals surface area contributed by atoms with Crippen molar-refractivity contribution in [1.82, 2.24) is 14.8 Å². The predicted molar refractivity (Wildman–Crippen MR) is 98.6 cm³/mol. The first-order valence-corrected chi connectivity index (χ1v) is 9.12. The molecule has 2 rings (SSSR count). The van der Waals surface area contributed by atoms with Crippen LogP contribution in [0, 0.1) is 0 Å². The maximum absolute atomic E-state index is 12.4. The van der Waals surface area contributed by atoms with Crippen molar-refractivity contribution in [1.29, 1.82) is 0 Å². The van der Waals surface area contributed by atoms with Gasteiger partial charge in [-0.15, -0.1) is 5.10 Å². The summed E-state index contributed by atoms with van der Waals surface area (Å²) in [4.78, 5) is 24.1. The standard InChI is InChI=1S/C14H15Cl3N4O2S/c1-3-4-21-13(23)19-20-14(21)24-7(2)12(22)18-11-9(16)5-8(15)6-10(11)17/h5-7H,3-4H2,1-2H3,(H,18,22)(H,19,23). The van der Waals surface area contributed by atoms with Gasteiger partial charge in [0.05, 0.1) is 21.0 Å². The van der Waals surface area contributed by atoms with Crippen molar-refractivity contribution in [3.8, 4) is 0 Å². The molecule has 0 saturated heterocycles. The van der Waals surface area contributed by atoms with Crippen LogP contribution in [-0.2, 0) is 11.3 Å². The number of anilines is 1. The van der Waals surface area contributed by atoms with E-state index in [4.69, 9.17) is 34.8 Å². The number of thioether (sulfide) groups is 1. The number of halogens is 3. The Kier molecular flexibility index (Phi) is 6.62. The molecule has 1 aromatic carbocycles. The molecule has 10 heteroatoms. The highest BCUT2D eigenvalue weighted by atomic mass is 35.5. The zero-order chi connectivity index (χ0) is 17.9. The number of hydrogen-bond acceptors (Lipinski definition) is 4. The molecule has 1 aromatic heterocycles. The van der Waals surface area contributed by atoms with Gasteiger partial charge >= 0.3 is 5.69 Å². The lowest BCUT2D eigenvalue weighted by atomic mass is 10.3. The van der Waals surface area contributed by atoms with Crippen molar-refractivity contribution in [2.45, 2.75) is 37.2 Å². The molecule has 24 heavy (non-hydrogen) atoms. The van der Waals surface area contributed by atoms with Crippen molar-refractivity contribution >= 4 is 58.2 Å². The zero-order valence-electron chi connectivity index (χ0n) is 12.9. The first-order chi connectivity index (χ1) is 11.3. The minimum Gasteiger partial charge on any atom is -0.323 e.